The van der Waals surface area contributed by atoms with Gasteiger partial charge < -0.3 is 4.90 Å². The zero-order chi connectivity index (χ0) is 13.6. The number of hydrogen-bond donors (Lipinski definition) is 0. The monoisotopic (exact) mass is 293 g/mol. The molecule has 1 amide bonds. The summed E-state index contributed by atoms with van der Waals surface area (Å²) in [4.78, 5) is 15.6. The summed E-state index contributed by atoms with van der Waals surface area (Å²) in [5.41, 5.74) is 1.02. The first-order valence-electron chi connectivity index (χ1n) is 6.45. The number of fused-ring (bicyclic) bond motifs is 3. The lowest BCUT2D eigenvalue weighted by molar-refractivity contribution is -0.118. The molecular weight excluding hydrogens is 278 g/mol. The third-order valence-electron chi connectivity index (χ3n) is 3.67. The van der Waals surface area contributed by atoms with Gasteiger partial charge in [0.2, 0.25) is 5.91 Å². The SMILES string of the molecule is CC1(C)Sc2ccccc2N2C(=O)CCC(Cl)=C[C@H]21. The molecule has 0 spiro atoms. The van der Waals surface area contributed by atoms with Crippen LogP contribution in [0.25, 0.3) is 0 Å². The number of carbonyl (C=O) groups excluding carboxylic acids is 1. The van der Waals surface area contributed by atoms with E-state index in [0.29, 0.717) is 12.8 Å². The molecule has 1 atom stereocenters. The van der Waals surface area contributed by atoms with E-state index in [1.807, 2.05) is 34.9 Å². The lowest BCUT2D eigenvalue weighted by Gasteiger charge is -2.44. The van der Waals surface area contributed by atoms with Crippen molar-refractivity contribution in [2.24, 2.45) is 0 Å². The maximum atomic E-state index is 12.5. The molecule has 0 N–H and O–H groups in total. The van der Waals surface area contributed by atoms with Gasteiger partial charge in [-0.1, -0.05) is 23.7 Å². The highest BCUT2D eigenvalue weighted by atomic mass is 35.5. The number of rotatable bonds is 0. The number of thioether (sulfide) groups is 1. The summed E-state index contributed by atoms with van der Waals surface area (Å²) in [7, 11) is 0. The van der Waals surface area contributed by atoms with E-state index in [1.54, 1.807) is 0 Å². The molecule has 2 aliphatic heterocycles. The summed E-state index contributed by atoms with van der Waals surface area (Å²) in [6.45, 7) is 4.34. The zero-order valence-corrected chi connectivity index (χ0v) is 12.6. The molecule has 0 bridgehead atoms. The molecule has 2 heterocycles. The predicted molar refractivity (Wildman–Crippen MR) is 80.8 cm³/mol. The first-order valence-corrected chi connectivity index (χ1v) is 7.65. The first-order chi connectivity index (χ1) is 8.99. The molecule has 0 fully saturated rings. The molecule has 0 saturated heterocycles. The molecule has 1 aromatic carbocycles. The lowest BCUT2D eigenvalue weighted by atomic mass is 9.99. The number of amides is 1. The van der Waals surface area contributed by atoms with Gasteiger partial charge in [-0.3, -0.25) is 4.79 Å². The minimum atomic E-state index is -0.0749. The summed E-state index contributed by atoms with van der Waals surface area (Å²) >= 11 is 8.05. The van der Waals surface area contributed by atoms with Gasteiger partial charge in [0.1, 0.15) is 0 Å². The van der Waals surface area contributed by atoms with Crippen LogP contribution in [-0.2, 0) is 4.79 Å². The van der Waals surface area contributed by atoms with Crippen molar-refractivity contribution in [3.05, 3.63) is 35.4 Å². The van der Waals surface area contributed by atoms with Crippen molar-refractivity contribution in [3.8, 4) is 0 Å². The fourth-order valence-electron chi connectivity index (χ4n) is 2.71. The van der Waals surface area contributed by atoms with Crippen LogP contribution in [0.15, 0.2) is 40.3 Å². The van der Waals surface area contributed by atoms with Gasteiger partial charge >= 0.3 is 0 Å². The van der Waals surface area contributed by atoms with Crippen LogP contribution in [0.1, 0.15) is 26.7 Å². The third-order valence-corrected chi connectivity index (χ3v) is 5.32. The average Bonchev–Trinajstić information content (AvgIpc) is 2.50. The van der Waals surface area contributed by atoms with Crippen LogP contribution in [0.3, 0.4) is 0 Å². The topological polar surface area (TPSA) is 20.3 Å². The van der Waals surface area contributed by atoms with Gasteiger partial charge in [-0.15, -0.1) is 11.8 Å². The van der Waals surface area contributed by atoms with Crippen LogP contribution >= 0.6 is 23.4 Å². The van der Waals surface area contributed by atoms with Crippen molar-refractivity contribution >= 4 is 35.0 Å². The highest BCUT2D eigenvalue weighted by Crippen LogP contribution is 2.49. The molecular formula is C15H16ClNOS. The van der Waals surface area contributed by atoms with Crippen LogP contribution in [0, 0.1) is 0 Å². The second-order valence-electron chi connectivity index (χ2n) is 5.50. The molecule has 19 heavy (non-hydrogen) atoms. The second kappa shape index (κ2) is 4.57. The maximum absolute atomic E-state index is 12.5. The highest BCUT2D eigenvalue weighted by molar-refractivity contribution is 8.01. The maximum Gasteiger partial charge on any atom is 0.227 e. The first kappa shape index (κ1) is 13.1. The van der Waals surface area contributed by atoms with E-state index < -0.39 is 0 Å². The van der Waals surface area contributed by atoms with Crippen LogP contribution in [0.5, 0.6) is 0 Å². The summed E-state index contributed by atoms with van der Waals surface area (Å²) in [6, 6.07) is 8.14. The van der Waals surface area contributed by atoms with Gasteiger partial charge in [-0.2, -0.15) is 0 Å². The number of nitrogens with zero attached hydrogens (tertiary/aromatic N) is 1. The summed E-state index contributed by atoms with van der Waals surface area (Å²) in [5.74, 6) is 0.165. The standard InChI is InChI=1S/C15H16ClNOS/c1-15(2)13-9-10(16)7-8-14(18)17(13)11-5-3-4-6-12(11)19-15/h3-6,9,13H,7-8H2,1-2H3/t13-/m0/s1. The van der Waals surface area contributed by atoms with Crippen LogP contribution in [0.2, 0.25) is 0 Å². The van der Waals surface area contributed by atoms with Gasteiger partial charge in [0.25, 0.3) is 0 Å². The average molecular weight is 294 g/mol. The van der Waals surface area contributed by atoms with Crippen LogP contribution in [-0.4, -0.2) is 16.7 Å². The number of carbonyl (C=O) groups is 1. The quantitative estimate of drug-likeness (QED) is 0.715. The van der Waals surface area contributed by atoms with Crippen molar-refractivity contribution < 1.29 is 4.79 Å². The third kappa shape index (κ3) is 2.19. The minimum Gasteiger partial charge on any atom is -0.303 e. The molecule has 0 unspecified atom stereocenters. The Balaban J connectivity index is 2.18. The molecule has 3 rings (SSSR count). The predicted octanol–water partition coefficient (Wildman–Crippen LogP) is 4.19. The van der Waals surface area contributed by atoms with Gasteiger partial charge in [-0.05, 0) is 38.5 Å². The molecule has 4 heteroatoms. The second-order valence-corrected chi connectivity index (χ2v) is 7.68. The van der Waals surface area contributed by atoms with Crippen molar-refractivity contribution in [2.45, 2.75) is 42.4 Å². The number of halogens is 1. The summed E-state index contributed by atoms with van der Waals surface area (Å²) < 4.78 is -0.0749. The van der Waals surface area contributed by atoms with E-state index in [9.17, 15) is 4.79 Å². The highest BCUT2D eigenvalue weighted by Gasteiger charge is 2.43. The Bertz CT molecular complexity index is 567. The largest absolute Gasteiger partial charge is 0.303 e. The summed E-state index contributed by atoms with van der Waals surface area (Å²) in [6.07, 6.45) is 3.19. The number of benzene rings is 1. The smallest absolute Gasteiger partial charge is 0.227 e. The number of hydrogen-bond acceptors (Lipinski definition) is 2. The molecule has 2 aliphatic rings. The van der Waals surface area contributed by atoms with Crippen LogP contribution < -0.4 is 4.90 Å². The van der Waals surface area contributed by atoms with E-state index in [2.05, 4.69) is 26.0 Å². The van der Waals surface area contributed by atoms with Crippen LogP contribution in [0.4, 0.5) is 5.69 Å². The fraction of sp³-hybridized carbons (Fsp3) is 0.400. The molecule has 0 radical (unpaired) electrons. The lowest BCUT2D eigenvalue weighted by Crippen LogP contribution is -2.51. The van der Waals surface area contributed by atoms with Crippen molar-refractivity contribution in [2.75, 3.05) is 4.90 Å². The van der Waals surface area contributed by atoms with Crippen molar-refractivity contribution in [1.82, 2.24) is 0 Å². The summed E-state index contributed by atoms with van der Waals surface area (Å²) in [5, 5.41) is 0.800. The van der Waals surface area contributed by atoms with Gasteiger partial charge in [0.05, 0.1) is 11.7 Å². The molecule has 0 aliphatic carbocycles. The van der Waals surface area contributed by atoms with Gasteiger partial charge in [0, 0.05) is 21.1 Å². The Morgan fingerprint density at radius 2 is 2.05 bits per heavy atom. The van der Waals surface area contributed by atoms with E-state index >= 15 is 0 Å². The van der Waals surface area contributed by atoms with Gasteiger partial charge in [0.15, 0.2) is 0 Å². The van der Waals surface area contributed by atoms with E-state index in [4.69, 9.17) is 11.6 Å². The normalized spacial score (nSPS) is 25.2. The van der Waals surface area contributed by atoms with Gasteiger partial charge in [-0.25, -0.2) is 0 Å². The Hall–Kier alpha value is -0.930. The Morgan fingerprint density at radius 1 is 1.32 bits per heavy atom. The fourth-order valence-corrected chi connectivity index (χ4v) is 4.21. The van der Waals surface area contributed by atoms with Crippen molar-refractivity contribution in [1.29, 1.82) is 0 Å². The van der Waals surface area contributed by atoms with E-state index in [0.717, 1.165) is 10.7 Å². The van der Waals surface area contributed by atoms with E-state index in [-0.39, 0.29) is 16.7 Å². The minimum absolute atomic E-state index is 0.0231. The number of allylic oxidation sites excluding steroid dienone is 1. The molecule has 0 saturated carbocycles. The molecule has 100 valence electrons. The Kier molecular flexibility index (Phi) is 3.14. The molecule has 2 nitrogen and oxygen atoms in total. The van der Waals surface area contributed by atoms with Crippen molar-refractivity contribution in [3.63, 3.8) is 0 Å². The molecule has 0 aromatic heterocycles. The molecule has 1 aromatic rings. The zero-order valence-electron chi connectivity index (χ0n) is 11.0. The number of para-hydroxylation sites is 1. The van der Waals surface area contributed by atoms with E-state index in [1.165, 1.54) is 4.90 Å². The number of anilines is 1. The Labute approximate surface area is 122 Å². The Morgan fingerprint density at radius 3 is 2.84 bits per heavy atom.